The largest absolute Gasteiger partial charge is 0.310 e. The Kier molecular flexibility index (Phi) is 4.27. The topological polar surface area (TPSA) is 42.0 Å². The van der Waals surface area contributed by atoms with E-state index in [0.717, 1.165) is 12.1 Å². The molecule has 0 saturated carbocycles. The Morgan fingerprint density at radius 2 is 2.12 bits per heavy atom. The average molecular weight is 236 g/mol. The molecule has 1 heterocycles. The number of hydrogen-bond donors (Lipinski definition) is 1. The molecule has 1 unspecified atom stereocenters. The molecule has 1 amide bonds. The number of nitrogens with zero attached hydrogens (tertiary/aromatic N) is 1. The molecule has 0 fully saturated rings. The van der Waals surface area contributed by atoms with Crippen molar-refractivity contribution in [3.63, 3.8) is 0 Å². The monoisotopic (exact) mass is 236 g/mol. The number of hydrogen-bond acceptors (Lipinski definition) is 2. The Bertz CT molecular complexity index is 399. The summed E-state index contributed by atoms with van der Waals surface area (Å²) in [6.45, 7) is 9.94. The van der Waals surface area contributed by atoms with Crippen LogP contribution in [0.2, 0.25) is 0 Å². The SMILES string of the molecule is CCC(C)c1cccc(NC(=O)C(C)(C)C)n1.[HH]. The number of nitrogens with one attached hydrogen (secondary N) is 1. The summed E-state index contributed by atoms with van der Waals surface area (Å²) >= 11 is 0. The van der Waals surface area contributed by atoms with Crippen LogP contribution in [0, 0.1) is 5.41 Å². The van der Waals surface area contributed by atoms with Crippen LogP contribution in [0.15, 0.2) is 18.2 Å². The van der Waals surface area contributed by atoms with E-state index in [0.29, 0.717) is 11.7 Å². The minimum atomic E-state index is -0.395. The van der Waals surface area contributed by atoms with Crippen molar-refractivity contribution in [2.24, 2.45) is 5.41 Å². The molecule has 0 aliphatic rings. The summed E-state index contributed by atoms with van der Waals surface area (Å²) in [5, 5.41) is 2.85. The first-order valence-corrected chi connectivity index (χ1v) is 6.13. The van der Waals surface area contributed by atoms with Gasteiger partial charge in [0.05, 0.1) is 0 Å². The molecule has 3 heteroatoms. The Hall–Kier alpha value is -1.38. The maximum atomic E-state index is 11.8. The summed E-state index contributed by atoms with van der Waals surface area (Å²) in [6, 6.07) is 5.77. The number of pyridine rings is 1. The molecule has 1 atom stereocenters. The summed E-state index contributed by atoms with van der Waals surface area (Å²) in [5.74, 6) is 1.05. The number of carbonyl (C=O) groups is 1. The summed E-state index contributed by atoms with van der Waals surface area (Å²) in [6.07, 6.45) is 1.05. The van der Waals surface area contributed by atoms with Gasteiger partial charge in [0.25, 0.3) is 0 Å². The lowest BCUT2D eigenvalue weighted by molar-refractivity contribution is -0.123. The molecule has 0 aromatic carbocycles. The fourth-order valence-corrected chi connectivity index (χ4v) is 1.31. The van der Waals surface area contributed by atoms with Gasteiger partial charge in [-0.25, -0.2) is 4.98 Å². The van der Waals surface area contributed by atoms with Gasteiger partial charge in [0.1, 0.15) is 5.82 Å². The van der Waals surface area contributed by atoms with Gasteiger partial charge in [0.2, 0.25) is 5.91 Å². The van der Waals surface area contributed by atoms with E-state index in [9.17, 15) is 4.79 Å². The standard InChI is InChI=1S/C14H22N2O.H2/c1-6-10(2)11-8-7-9-12(15-11)16-13(17)14(3,4)5;/h7-10H,6H2,1-5H3,(H,15,16,17);1H. The third-order valence-electron chi connectivity index (χ3n) is 2.81. The Morgan fingerprint density at radius 3 is 2.65 bits per heavy atom. The van der Waals surface area contributed by atoms with Gasteiger partial charge >= 0.3 is 0 Å². The predicted molar refractivity (Wildman–Crippen MR) is 73.1 cm³/mol. The van der Waals surface area contributed by atoms with Gasteiger partial charge in [0, 0.05) is 12.5 Å². The van der Waals surface area contributed by atoms with Gasteiger partial charge in [-0.1, -0.05) is 40.7 Å². The van der Waals surface area contributed by atoms with Crippen molar-refractivity contribution >= 4 is 11.7 Å². The van der Waals surface area contributed by atoms with Crippen molar-refractivity contribution in [1.82, 2.24) is 4.98 Å². The van der Waals surface area contributed by atoms with Crippen LogP contribution in [0.5, 0.6) is 0 Å². The van der Waals surface area contributed by atoms with Crippen molar-refractivity contribution in [3.05, 3.63) is 23.9 Å². The summed E-state index contributed by atoms with van der Waals surface area (Å²) < 4.78 is 0. The second kappa shape index (κ2) is 5.30. The maximum absolute atomic E-state index is 11.8. The first-order chi connectivity index (χ1) is 7.84. The number of anilines is 1. The van der Waals surface area contributed by atoms with Crippen molar-refractivity contribution in [2.45, 2.75) is 47.0 Å². The van der Waals surface area contributed by atoms with Gasteiger partial charge < -0.3 is 5.32 Å². The Labute approximate surface area is 105 Å². The highest BCUT2D eigenvalue weighted by Crippen LogP contribution is 2.20. The van der Waals surface area contributed by atoms with Crippen molar-refractivity contribution in [3.8, 4) is 0 Å². The van der Waals surface area contributed by atoms with E-state index in [1.165, 1.54) is 0 Å². The van der Waals surface area contributed by atoms with E-state index in [1.807, 2.05) is 39.0 Å². The Morgan fingerprint density at radius 1 is 1.47 bits per heavy atom. The molecule has 3 nitrogen and oxygen atoms in total. The molecule has 1 aromatic rings. The molecule has 1 rings (SSSR count). The van der Waals surface area contributed by atoms with Crippen LogP contribution in [0.25, 0.3) is 0 Å². The number of amides is 1. The smallest absolute Gasteiger partial charge is 0.230 e. The third-order valence-corrected chi connectivity index (χ3v) is 2.81. The fraction of sp³-hybridized carbons (Fsp3) is 0.571. The van der Waals surface area contributed by atoms with E-state index in [4.69, 9.17) is 0 Å². The zero-order valence-corrected chi connectivity index (χ0v) is 11.4. The number of rotatable bonds is 3. The minimum absolute atomic E-state index is 0. The van der Waals surface area contributed by atoms with Crippen LogP contribution >= 0.6 is 0 Å². The molecular formula is C14H24N2O. The van der Waals surface area contributed by atoms with Crippen LogP contribution in [0.3, 0.4) is 0 Å². The van der Waals surface area contributed by atoms with E-state index >= 15 is 0 Å². The Balaban J connectivity index is 0.00000289. The van der Waals surface area contributed by atoms with Gasteiger partial charge in [-0.15, -0.1) is 0 Å². The first kappa shape index (κ1) is 13.7. The van der Waals surface area contributed by atoms with Crippen molar-refractivity contribution < 1.29 is 6.22 Å². The van der Waals surface area contributed by atoms with Crippen LogP contribution in [0.4, 0.5) is 5.82 Å². The summed E-state index contributed by atoms with van der Waals surface area (Å²) in [7, 11) is 0. The van der Waals surface area contributed by atoms with Crippen LogP contribution < -0.4 is 5.32 Å². The second-order valence-electron chi connectivity index (χ2n) is 5.46. The van der Waals surface area contributed by atoms with Gasteiger partial charge in [-0.05, 0) is 24.5 Å². The van der Waals surface area contributed by atoms with Gasteiger partial charge in [0.15, 0.2) is 0 Å². The molecule has 1 N–H and O–H groups in total. The van der Waals surface area contributed by atoms with Gasteiger partial charge in [-0.3, -0.25) is 4.79 Å². The zero-order valence-electron chi connectivity index (χ0n) is 11.4. The van der Waals surface area contributed by atoms with Gasteiger partial charge in [-0.2, -0.15) is 0 Å². The normalized spacial score (nSPS) is 13.2. The molecule has 96 valence electrons. The highest BCUT2D eigenvalue weighted by atomic mass is 16.2. The molecule has 0 aliphatic carbocycles. The van der Waals surface area contributed by atoms with Crippen molar-refractivity contribution in [2.75, 3.05) is 5.32 Å². The molecule has 0 bridgehead atoms. The molecule has 0 radical (unpaired) electrons. The summed E-state index contributed by atoms with van der Waals surface area (Å²) in [4.78, 5) is 16.3. The molecule has 0 aliphatic heterocycles. The third kappa shape index (κ3) is 3.84. The van der Waals surface area contributed by atoms with E-state index in [2.05, 4.69) is 24.1 Å². The minimum Gasteiger partial charge on any atom is -0.310 e. The maximum Gasteiger partial charge on any atom is 0.230 e. The lowest BCUT2D eigenvalue weighted by atomic mass is 9.96. The molecule has 17 heavy (non-hydrogen) atoms. The fourth-order valence-electron chi connectivity index (χ4n) is 1.31. The number of aromatic nitrogens is 1. The highest BCUT2D eigenvalue weighted by Gasteiger charge is 2.21. The second-order valence-corrected chi connectivity index (χ2v) is 5.46. The molecular weight excluding hydrogens is 212 g/mol. The van der Waals surface area contributed by atoms with E-state index in [-0.39, 0.29) is 7.33 Å². The van der Waals surface area contributed by atoms with E-state index < -0.39 is 5.41 Å². The first-order valence-electron chi connectivity index (χ1n) is 6.13. The average Bonchev–Trinajstić information content (AvgIpc) is 2.27. The molecule has 0 saturated heterocycles. The van der Waals surface area contributed by atoms with E-state index in [1.54, 1.807) is 0 Å². The molecule has 1 aromatic heterocycles. The lowest BCUT2D eigenvalue weighted by Gasteiger charge is -2.18. The van der Waals surface area contributed by atoms with Crippen molar-refractivity contribution in [1.29, 1.82) is 0 Å². The highest BCUT2D eigenvalue weighted by molar-refractivity contribution is 5.93. The molecule has 0 spiro atoms. The zero-order chi connectivity index (χ0) is 13.1. The lowest BCUT2D eigenvalue weighted by Crippen LogP contribution is -2.28. The predicted octanol–water partition coefficient (Wildman–Crippen LogP) is 3.83. The summed E-state index contributed by atoms with van der Waals surface area (Å²) in [5.41, 5.74) is 0.632. The van der Waals surface area contributed by atoms with Crippen LogP contribution in [-0.4, -0.2) is 10.9 Å². The quantitative estimate of drug-likeness (QED) is 0.866. The number of carbonyl (C=O) groups excluding carboxylic acids is 1. The van der Waals surface area contributed by atoms with Crippen LogP contribution in [-0.2, 0) is 4.79 Å². The van der Waals surface area contributed by atoms with Crippen LogP contribution in [0.1, 0.15) is 54.1 Å².